The number of hydrogen-bond donors (Lipinski definition) is 1. The van der Waals surface area contributed by atoms with Crippen molar-refractivity contribution in [1.29, 1.82) is 0 Å². The Morgan fingerprint density at radius 1 is 1.23 bits per heavy atom. The van der Waals surface area contributed by atoms with E-state index in [4.69, 9.17) is 21.1 Å². The van der Waals surface area contributed by atoms with Gasteiger partial charge in [0.25, 0.3) is 10.0 Å². The SMILES string of the molecule is C=C(C=C(Cl)C=NC)Oc1ccc(NS(=O)(=O)c2ccc(C)cc2)cc1C(=O)OCC. The predicted octanol–water partition coefficient (Wildman–Crippen LogP) is 4.69. The smallest absolute Gasteiger partial charge is 0.342 e. The summed E-state index contributed by atoms with van der Waals surface area (Å²) >= 11 is 5.96. The van der Waals surface area contributed by atoms with E-state index in [2.05, 4.69) is 16.3 Å². The van der Waals surface area contributed by atoms with Crippen LogP contribution in [0.15, 0.2) is 75.8 Å². The lowest BCUT2D eigenvalue weighted by atomic mass is 10.2. The summed E-state index contributed by atoms with van der Waals surface area (Å²) in [6.45, 7) is 7.40. The summed E-state index contributed by atoms with van der Waals surface area (Å²) < 4.78 is 38.5. The molecular weight excluding hydrogens is 440 g/mol. The molecule has 9 heteroatoms. The topological polar surface area (TPSA) is 94.1 Å². The second-order valence-electron chi connectivity index (χ2n) is 6.33. The van der Waals surface area contributed by atoms with Crippen molar-refractivity contribution in [2.24, 2.45) is 4.99 Å². The highest BCUT2D eigenvalue weighted by Gasteiger charge is 2.19. The van der Waals surface area contributed by atoms with E-state index < -0.39 is 16.0 Å². The lowest BCUT2D eigenvalue weighted by Gasteiger charge is -2.14. The lowest BCUT2D eigenvalue weighted by molar-refractivity contribution is 0.0523. The largest absolute Gasteiger partial charge is 0.462 e. The van der Waals surface area contributed by atoms with Crippen molar-refractivity contribution in [3.8, 4) is 5.75 Å². The van der Waals surface area contributed by atoms with Crippen LogP contribution in [0.3, 0.4) is 0 Å². The van der Waals surface area contributed by atoms with Gasteiger partial charge in [0.05, 0.1) is 16.5 Å². The summed E-state index contributed by atoms with van der Waals surface area (Å²) in [5.41, 5.74) is 1.14. The molecule has 0 heterocycles. The van der Waals surface area contributed by atoms with E-state index in [0.29, 0.717) is 0 Å². The van der Waals surface area contributed by atoms with Crippen molar-refractivity contribution in [2.45, 2.75) is 18.7 Å². The Hall–Kier alpha value is -3.10. The van der Waals surface area contributed by atoms with Gasteiger partial charge in [-0.1, -0.05) is 35.9 Å². The van der Waals surface area contributed by atoms with Gasteiger partial charge in [-0.25, -0.2) is 13.2 Å². The molecule has 0 fully saturated rings. The Morgan fingerprint density at radius 3 is 2.52 bits per heavy atom. The van der Waals surface area contributed by atoms with Crippen LogP contribution in [0.4, 0.5) is 5.69 Å². The van der Waals surface area contributed by atoms with Gasteiger partial charge in [0.2, 0.25) is 0 Å². The first-order chi connectivity index (χ1) is 14.7. The number of rotatable bonds is 9. The van der Waals surface area contributed by atoms with Crippen LogP contribution in [-0.4, -0.2) is 34.3 Å². The second kappa shape index (κ2) is 10.8. The zero-order valence-electron chi connectivity index (χ0n) is 17.4. The Morgan fingerprint density at radius 2 is 1.90 bits per heavy atom. The number of nitrogens with one attached hydrogen (secondary N) is 1. The molecule has 31 heavy (non-hydrogen) atoms. The van der Waals surface area contributed by atoms with Crippen LogP contribution in [0.25, 0.3) is 0 Å². The van der Waals surface area contributed by atoms with E-state index in [1.807, 2.05) is 6.92 Å². The molecule has 2 aromatic rings. The van der Waals surface area contributed by atoms with Gasteiger partial charge in [-0.3, -0.25) is 9.71 Å². The summed E-state index contributed by atoms with van der Waals surface area (Å²) in [4.78, 5) is 16.3. The second-order valence-corrected chi connectivity index (χ2v) is 8.45. The number of ether oxygens (including phenoxy) is 2. The molecule has 0 aliphatic heterocycles. The van der Waals surface area contributed by atoms with E-state index in [-0.39, 0.29) is 39.3 Å². The number of carbonyl (C=O) groups is 1. The van der Waals surface area contributed by atoms with Crippen LogP contribution in [0, 0.1) is 6.92 Å². The van der Waals surface area contributed by atoms with Crippen molar-refractivity contribution in [3.63, 3.8) is 0 Å². The number of benzene rings is 2. The third-order valence-electron chi connectivity index (χ3n) is 3.85. The minimum atomic E-state index is -3.84. The molecule has 0 radical (unpaired) electrons. The molecule has 0 spiro atoms. The van der Waals surface area contributed by atoms with Gasteiger partial charge < -0.3 is 9.47 Å². The average molecular weight is 463 g/mol. The van der Waals surface area contributed by atoms with Crippen LogP contribution in [0.5, 0.6) is 5.75 Å². The first kappa shape index (κ1) is 24.2. The van der Waals surface area contributed by atoms with Gasteiger partial charge >= 0.3 is 5.97 Å². The molecule has 0 bridgehead atoms. The fourth-order valence-electron chi connectivity index (χ4n) is 2.47. The summed E-state index contributed by atoms with van der Waals surface area (Å²) in [6.07, 6.45) is 2.84. The van der Waals surface area contributed by atoms with Crippen LogP contribution < -0.4 is 9.46 Å². The van der Waals surface area contributed by atoms with Crippen molar-refractivity contribution in [2.75, 3.05) is 18.4 Å². The standard InChI is InChI=1S/C22H23ClN2O5S/c1-5-29-22(26)20-13-18(25-31(27,28)19-9-6-15(2)7-10-19)8-11-21(20)30-16(3)12-17(23)14-24-4/h6-14,25H,3,5H2,1-2,4H3. The molecule has 0 saturated carbocycles. The lowest BCUT2D eigenvalue weighted by Crippen LogP contribution is -2.14. The van der Waals surface area contributed by atoms with Crippen molar-refractivity contribution < 1.29 is 22.7 Å². The Labute approximate surface area is 187 Å². The molecule has 0 aromatic heterocycles. The zero-order chi connectivity index (χ0) is 23.0. The number of sulfonamides is 1. The number of halogens is 1. The number of nitrogens with zero attached hydrogens (tertiary/aromatic N) is 1. The average Bonchev–Trinajstić information content (AvgIpc) is 2.69. The summed E-state index contributed by atoms with van der Waals surface area (Å²) in [6, 6.07) is 10.6. The molecule has 2 aromatic carbocycles. The predicted molar refractivity (Wildman–Crippen MR) is 123 cm³/mol. The minimum Gasteiger partial charge on any atom is -0.462 e. The quantitative estimate of drug-likeness (QED) is 0.252. The van der Waals surface area contributed by atoms with Gasteiger partial charge in [0, 0.05) is 25.0 Å². The van der Waals surface area contributed by atoms with Gasteiger partial charge in [0.1, 0.15) is 17.1 Å². The third-order valence-corrected chi connectivity index (χ3v) is 5.45. The third kappa shape index (κ3) is 6.97. The Balaban J connectivity index is 2.36. The normalized spacial score (nSPS) is 11.9. The maximum atomic E-state index is 12.7. The molecule has 164 valence electrons. The van der Waals surface area contributed by atoms with E-state index in [1.54, 1.807) is 26.1 Å². The fraction of sp³-hybridized carbons (Fsp3) is 0.182. The molecule has 0 aliphatic carbocycles. The van der Waals surface area contributed by atoms with E-state index in [1.165, 1.54) is 42.6 Å². The van der Waals surface area contributed by atoms with Crippen LogP contribution >= 0.6 is 11.6 Å². The minimum absolute atomic E-state index is 0.0285. The first-order valence-electron chi connectivity index (χ1n) is 9.23. The van der Waals surface area contributed by atoms with E-state index in [0.717, 1.165) is 5.56 Å². The molecule has 0 saturated heterocycles. The maximum Gasteiger partial charge on any atom is 0.342 e. The molecule has 0 amide bonds. The van der Waals surface area contributed by atoms with E-state index >= 15 is 0 Å². The van der Waals surface area contributed by atoms with Gasteiger partial charge in [-0.2, -0.15) is 0 Å². The van der Waals surface area contributed by atoms with Crippen molar-refractivity contribution >= 4 is 39.5 Å². The van der Waals surface area contributed by atoms with Crippen molar-refractivity contribution in [1.82, 2.24) is 0 Å². The molecule has 0 atom stereocenters. The number of carbonyl (C=O) groups excluding carboxylic acids is 1. The molecule has 1 N–H and O–H groups in total. The summed E-state index contributed by atoms with van der Waals surface area (Å²) in [5, 5.41) is 0.285. The number of hydrogen-bond acceptors (Lipinski definition) is 6. The molecule has 7 nitrogen and oxygen atoms in total. The van der Waals surface area contributed by atoms with Gasteiger partial charge in [-0.05, 0) is 44.2 Å². The van der Waals surface area contributed by atoms with Crippen LogP contribution in [-0.2, 0) is 14.8 Å². The highest BCUT2D eigenvalue weighted by atomic mass is 35.5. The van der Waals surface area contributed by atoms with E-state index in [9.17, 15) is 13.2 Å². The Kier molecular flexibility index (Phi) is 8.41. The maximum absolute atomic E-state index is 12.7. The Bertz CT molecular complexity index is 1120. The molecular formula is C22H23ClN2O5S. The number of aliphatic imine (C=N–C) groups is 1. The number of aryl methyl sites for hydroxylation is 1. The van der Waals surface area contributed by atoms with Gasteiger partial charge in [0.15, 0.2) is 0 Å². The zero-order valence-corrected chi connectivity index (χ0v) is 19.0. The number of anilines is 1. The summed E-state index contributed by atoms with van der Waals surface area (Å²) in [7, 11) is -2.28. The highest BCUT2D eigenvalue weighted by Crippen LogP contribution is 2.27. The highest BCUT2D eigenvalue weighted by molar-refractivity contribution is 7.92. The monoisotopic (exact) mass is 462 g/mol. The molecule has 0 aliphatic rings. The van der Waals surface area contributed by atoms with Gasteiger partial charge in [-0.15, -0.1) is 0 Å². The molecule has 2 rings (SSSR count). The molecule has 0 unspecified atom stereocenters. The number of esters is 1. The van der Waals surface area contributed by atoms with Crippen LogP contribution in [0.2, 0.25) is 0 Å². The first-order valence-corrected chi connectivity index (χ1v) is 11.1. The van der Waals surface area contributed by atoms with Crippen molar-refractivity contribution in [3.05, 3.63) is 77.0 Å². The number of allylic oxidation sites excluding steroid dienone is 2. The fourth-order valence-corrected chi connectivity index (χ4v) is 3.74. The van der Waals surface area contributed by atoms with Crippen LogP contribution in [0.1, 0.15) is 22.8 Å². The summed E-state index contributed by atoms with van der Waals surface area (Å²) in [5.74, 6) is -0.383.